The number of carbonyl (C=O) groups is 3. The Bertz CT molecular complexity index is 1440. The quantitative estimate of drug-likeness (QED) is 0.213. The molecular formula is C28H29NO11. The molecule has 1 heterocycles. The lowest BCUT2D eigenvalue weighted by atomic mass is 9.72. The van der Waals surface area contributed by atoms with E-state index < -0.39 is 95.7 Å². The smallest absolute Gasteiger partial charge is 0.202 e. The summed E-state index contributed by atoms with van der Waals surface area (Å²) in [6.45, 7) is 4.05. The van der Waals surface area contributed by atoms with Gasteiger partial charge in [0.25, 0.3) is 0 Å². The second-order valence-corrected chi connectivity index (χ2v) is 10.2. The fraction of sp³-hybridized carbons (Fsp3) is 0.429. The van der Waals surface area contributed by atoms with E-state index in [-0.39, 0.29) is 34.4 Å². The molecule has 0 spiro atoms. The number of hydrogen-bond donors (Lipinski definition) is 5. The van der Waals surface area contributed by atoms with E-state index in [1.54, 1.807) is 6.92 Å². The zero-order valence-corrected chi connectivity index (χ0v) is 21.8. The van der Waals surface area contributed by atoms with Crippen LogP contribution >= 0.6 is 0 Å². The van der Waals surface area contributed by atoms with Crippen LogP contribution in [0.5, 0.6) is 17.2 Å². The van der Waals surface area contributed by atoms with Gasteiger partial charge >= 0.3 is 0 Å². The van der Waals surface area contributed by atoms with Crippen LogP contribution in [0.25, 0.3) is 0 Å². The fourth-order valence-corrected chi connectivity index (χ4v) is 5.87. The maximum Gasteiger partial charge on any atom is 0.202 e. The minimum absolute atomic E-state index is 0.0346. The first-order chi connectivity index (χ1) is 19.0. The van der Waals surface area contributed by atoms with Crippen molar-refractivity contribution in [3.05, 3.63) is 51.6 Å². The lowest BCUT2D eigenvalue weighted by molar-refractivity contribution is -0.247. The number of methoxy groups -OCH3 is 1. The Hall–Kier alpha value is -3.68. The van der Waals surface area contributed by atoms with Gasteiger partial charge in [-0.15, -0.1) is 0 Å². The summed E-state index contributed by atoms with van der Waals surface area (Å²) < 4.78 is 17.1. The molecule has 6 atom stereocenters. The number of ketones is 3. The Labute approximate surface area is 228 Å². The number of aliphatic imine (C=N–C) groups is 1. The number of Topliss-reactive ketones (excluding diaryl/α,β-unsaturated/α-hetero) is 1. The summed E-state index contributed by atoms with van der Waals surface area (Å²) in [5, 5.41) is 54.0. The van der Waals surface area contributed by atoms with Gasteiger partial charge in [-0.1, -0.05) is 12.1 Å². The van der Waals surface area contributed by atoms with E-state index in [0.29, 0.717) is 0 Å². The van der Waals surface area contributed by atoms with Crippen molar-refractivity contribution < 1.29 is 54.1 Å². The molecule has 0 radical (unpaired) electrons. The minimum Gasteiger partial charge on any atom is -0.507 e. The number of phenolic OH excluding ortho intramolecular Hbond substituents is 2. The summed E-state index contributed by atoms with van der Waals surface area (Å²) in [7, 11) is 1.32. The number of phenols is 2. The van der Waals surface area contributed by atoms with Gasteiger partial charge in [0.15, 0.2) is 17.9 Å². The Kier molecular flexibility index (Phi) is 7.01. The molecule has 0 saturated carbocycles. The Balaban J connectivity index is 1.68. The van der Waals surface area contributed by atoms with E-state index in [1.807, 2.05) is 0 Å². The monoisotopic (exact) mass is 555 g/mol. The summed E-state index contributed by atoms with van der Waals surface area (Å²) in [5.74, 6) is -3.78. The van der Waals surface area contributed by atoms with Gasteiger partial charge in [0.1, 0.15) is 35.6 Å². The molecule has 1 saturated heterocycles. The molecule has 212 valence electrons. The molecule has 12 heteroatoms. The first-order valence-corrected chi connectivity index (χ1v) is 12.7. The number of aromatic hydroxyl groups is 2. The number of aliphatic hydroxyl groups excluding tert-OH is 2. The standard InChI is InChI=1S/C28H29NO11/c1-11-23(32)14(29-2)7-18(39-11)40-16-9-28(37,17(31)10-30)8-13-20(16)27(36)22-21(25(13)34)24(33)12-5-4-6-15(38-3)19(12)26(22)35/h4-6,11,14,16,18,23,30,32,34,36-37H,2,7-10H2,1,3H3/t11-,14-,16-,18-,23+,28-/m0/s1. The summed E-state index contributed by atoms with van der Waals surface area (Å²) in [5.41, 5.74) is -3.64. The molecule has 0 aromatic heterocycles. The first kappa shape index (κ1) is 27.9. The van der Waals surface area contributed by atoms with Crippen LogP contribution in [0.2, 0.25) is 0 Å². The van der Waals surface area contributed by atoms with Crippen molar-refractivity contribution in [2.75, 3.05) is 13.7 Å². The summed E-state index contributed by atoms with van der Waals surface area (Å²) in [6.07, 6.45) is -5.12. The maximum absolute atomic E-state index is 13.7. The number of aliphatic hydroxyl groups is 3. The fourth-order valence-electron chi connectivity index (χ4n) is 5.87. The number of fused-ring (bicyclic) bond motifs is 3. The van der Waals surface area contributed by atoms with Gasteiger partial charge in [-0.2, -0.15) is 0 Å². The van der Waals surface area contributed by atoms with Crippen LogP contribution in [0, 0.1) is 0 Å². The molecule has 0 bridgehead atoms. The molecule has 40 heavy (non-hydrogen) atoms. The number of ether oxygens (including phenoxy) is 3. The largest absolute Gasteiger partial charge is 0.507 e. The van der Waals surface area contributed by atoms with E-state index in [9.17, 15) is 39.9 Å². The molecule has 1 aliphatic heterocycles. The maximum atomic E-state index is 13.7. The average Bonchev–Trinajstić information content (AvgIpc) is 2.94. The molecule has 12 nitrogen and oxygen atoms in total. The zero-order chi connectivity index (χ0) is 29.1. The molecule has 5 rings (SSSR count). The van der Waals surface area contributed by atoms with Crippen molar-refractivity contribution in [2.45, 2.75) is 62.4 Å². The van der Waals surface area contributed by atoms with Crippen LogP contribution in [0.15, 0.2) is 23.2 Å². The lowest BCUT2D eigenvalue weighted by Gasteiger charge is -2.42. The normalized spacial score (nSPS) is 29.3. The third-order valence-electron chi connectivity index (χ3n) is 7.96. The highest BCUT2D eigenvalue weighted by Crippen LogP contribution is 2.52. The van der Waals surface area contributed by atoms with Crippen LogP contribution in [0.3, 0.4) is 0 Å². The molecule has 2 aromatic rings. The number of benzene rings is 2. The molecule has 1 fully saturated rings. The number of nitrogens with zero attached hydrogens (tertiary/aromatic N) is 1. The molecule has 0 amide bonds. The van der Waals surface area contributed by atoms with Crippen LogP contribution in [0.1, 0.15) is 68.8 Å². The van der Waals surface area contributed by atoms with Crippen LogP contribution in [-0.4, -0.2) is 93.5 Å². The topological polar surface area (TPSA) is 192 Å². The third-order valence-corrected chi connectivity index (χ3v) is 7.96. The second kappa shape index (κ2) is 10.1. The van der Waals surface area contributed by atoms with E-state index in [2.05, 4.69) is 11.7 Å². The molecule has 2 aromatic carbocycles. The van der Waals surface area contributed by atoms with Crippen molar-refractivity contribution in [3.63, 3.8) is 0 Å². The highest BCUT2D eigenvalue weighted by Gasteiger charge is 2.50. The number of rotatable bonds is 6. The molecule has 5 N–H and O–H groups in total. The van der Waals surface area contributed by atoms with Crippen molar-refractivity contribution in [3.8, 4) is 17.2 Å². The van der Waals surface area contributed by atoms with E-state index in [1.165, 1.54) is 25.3 Å². The third kappa shape index (κ3) is 4.11. The van der Waals surface area contributed by atoms with Crippen LogP contribution in [-0.2, 0) is 20.7 Å². The van der Waals surface area contributed by atoms with Gasteiger partial charge in [-0.05, 0) is 19.7 Å². The lowest BCUT2D eigenvalue weighted by Crippen LogP contribution is -2.50. The molecule has 3 aliphatic rings. The van der Waals surface area contributed by atoms with E-state index in [0.717, 1.165) is 0 Å². The second-order valence-electron chi connectivity index (χ2n) is 10.2. The summed E-state index contributed by atoms with van der Waals surface area (Å²) >= 11 is 0. The summed E-state index contributed by atoms with van der Waals surface area (Å²) in [6, 6.07) is 3.70. The van der Waals surface area contributed by atoms with Crippen molar-refractivity contribution in [1.29, 1.82) is 0 Å². The minimum atomic E-state index is -2.25. The Morgan fingerprint density at radius 2 is 1.88 bits per heavy atom. The van der Waals surface area contributed by atoms with Crippen LogP contribution in [0.4, 0.5) is 0 Å². The van der Waals surface area contributed by atoms with Crippen molar-refractivity contribution in [1.82, 2.24) is 0 Å². The van der Waals surface area contributed by atoms with E-state index >= 15 is 0 Å². The van der Waals surface area contributed by atoms with Gasteiger partial charge in [0.2, 0.25) is 5.78 Å². The Morgan fingerprint density at radius 1 is 1.18 bits per heavy atom. The van der Waals surface area contributed by atoms with Crippen molar-refractivity contribution in [2.24, 2.45) is 4.99 Å². The van der Waals surface area contributed by atoms with Crippen LogP contribution < -0.4 is 4.74 Å². The first-order valence-electron chi connectivity index (χ1n) is 12.7. The zero-order valence-electron chi connectivity index (χ0n) is 21.8. The molecule has 2 aliphatic carbocycles. The highest BCUT2D eigenvalue weighted by molar-refractivity contribution is 6.31. The van der Waals surface area contributed by atoms with Gasteiger partial charge in [0, 0.05) is 36.0 Å². The SMILES string of the molecule is C=N[C@H]1C[C@H](O[C@H]2C[C@](O)(C(=O)CO)Cc3c(O)c4c(c(O)c32)C(=O)c2c(OC)cccc2C4=O)O[C@@H](C)[C@H]1O. The van der Waals surface area contributed by atoms with Gasteiger partial charge in [-0.3, -0.25) is 19.4 Å². The van der Waals surface area contributed by atoms with Gasteiger partial charge in [0.05, 0.1) is 42.0 Å². The summed E-state index contributed by atoms with van der Waals surface area (Å²) in [4.78, 5) is 43.8. The highest BCUT2D eigenvalue weighted by atomic mass is 16.7. The molecule has 0 unspecified atom stereocenters. The Morgan fingerprint density at radius 3 is 2.52 bits per heavy atom. The van der Waals surface area contributed by atoms with Crippen molar-refractivity contribution >= 4 is 24.1 Å². The number of carbonyl (C=O) groups excluding carboxylic acids is 3. The van der Waals surface area contributed by atoms with Gasteiger partial charge in [-0.25, -0.2) is 0 Å². The average molecular weight is 556 g/mol. The number of hydrogen-bond acceptors (Lipinski definition) is 12. The predicted octanol–water partition coefficient (Wildman–Crippen LogP) is 0.743. The predicted molar refractivity (Wildman–Crippen MR) is 137 cm³/mol. The van der Waals surface area contributed by atoms with E-state index in [4.69, 9.17) is 14.2 Å². The van der Waals surface area contributed by atoms with Gasteiger partial charge < -0.3 is 39.7 Å². The molecular weight excluding hydrogens is 526 g/mol.